The van der Waals surface area contributed by atoms with Crippen molar-refractivity contribution in [2.45, 2.75) is 12.8 Å². The topological polar surface area (TPSA) is 49.0 Å². The Morgan fingerprint density at radius 1 is 1.11 bits per heavy atom. The number of aromatic amines is 1. The second kappa shape index (κ2) is 4.64. The van der Waals surface area contributed by atoms with Crippen molar-refractivity contribution in [1.82, 2.24) is 10.2 Å². The number of hydrogen-bond acceptors (Lipinski definition) is 3. The van der Waals surface area contributed by atoms with Gasteiger partial charge in [-0.15, -0.1) is 0 Å². The number of anilines is 1. The summed E-state index contributed by atoms with van der Waals surface area (Å²) in [5.41, 5.74) is 2.48. The lowest BCUT2D eigenvalue weighted by Gasteiger charge is -2.16. The number of benzene rings is 1. The van der Waals surface area contributed by atoms with Crippen LogP contribution in [0.2, 0.25) is 0 Å². The summed E-state index contributed by atoms with van der Waals surface area (Å²) in [5, 5.41) is 6.71. The molecule has 0 unspecified atom stereocenters. The molecule has 1 aromatic heterocycles. The van der Waals surface area contributed by atoms with Gasteiger partial charge in [0, 0.05) is 18.7 Å². The predicted molar refractivity (Wildman–Crippen MR) is 71.7 cm³/mol. The van der Waals surface area contributed by atoms with E-state index >= 15 is 0 Å². The van der Waals surface area contributed by atoms with E-state index in [4.69, 9.17) is 0 Å². The SMILES string of the molecule is O=c1[nH]nc(-c2ccccc2)cc1N1CCCC1. The molecule has 1 fully saturated rings. The van der Waals surface area contributed by atoms with Gasteiger partial charge in [0.05, 0.1) is 5.69 Å². The zero-order valence-corrected chi connectivity index (χ0v) is 10.1. The minimum absolute atomic E-state index is 0.100. The number of aromatic nitrogens is 2. The third-order valence-electron chi connectivity index (χ3n) is 3.30. The highest BCUT2D eigenvalue weighted by Gasteiger charge is 2.16. The van der Waals surface area contributed by atoms with Gasteiger partial charge in [-0.1, -0.05) is 30.3 Å². The molecular formula is C14H15N3O. The van der Waals surface area contributed by atoms with Gasteiger partial charge in [-0.05, 0) is 18.9 Å². The first-order chi connectivity index (χ1) is 8.84. The molecule has 0 saturated carbocycles. The minimum Gasteiger partial charge on any atom is -0.367 e. The minimum atomic E-state index is -0.100. The number of nitrogens with zero attached hydrogens (tertiary/aromatic N) is 2. The Balaban J connectivity index is 2.03. The zero-order chi connectivity index (χ0) is 12.4. The predicted octanol–water partition coefficient (Wildman–Crippen LogP) is 2.04. The van der Waals surface area contributed by atoms with Crippen LogP contribution in [-0.4, -0.2) is 23.3 Å². The molecule has 0 bridgehead atoms. The first-order valence-corrected chi connectivity index (χ1v) is 6.25. The van der Waals surface area contributed by atoms with Gasteiger partial charge in [0.15, 0.2) is 0 Å². The highest BCUT2D eigenvalue weighted by molar-refractivity contribution is 5.63. The molecule has 4 nitrogen and oxygen atoms in total. The van der Waals surface area contributed by atoms with E-state index in [-0.39, 0.29) is 5.56 Å². The van der Waals surface area contributed by atoms with E-state index in [1.807, 2.05) is 36.4 Å². The fourth-order valence-corrected chi connectivity index (χ4v) is 2.35. The van der Waals surface area contributed by atoms with E-state index in [1.165, 1.54) is 0 Å². The molecule has 1 aliphatic rings. The van der Waals surface area contributed by atoms with Gasteiger partial charge in [0.2, 0.25) is 0 Å². The van der Waals surface area contributed by atoms with Crippen LogP contribution in [0.1, 0.15) is 12.8 Å². The van der Waals surface area contributed by atoms with Gasteiger partial charge in [0.25, 0.3) is 5.56 Å². The number of hydrogen-bond donors (Lipinski definition) is 1. The van der Waals surface area contributed by atoms with Crippen LogP contribution in [0.3, 0.4) is 0 Å². The number of nitrogens with one attached hydrogen (secondary N) is 1. The Labute approximate surface area is 105 Å². The average Bonchev–Trinajstić information content (AvgIpc) is 2.94. The van der Waals surface area contributed by atoms with E-state index < -0.39 is 0 Å². The summed E-state index contributed by atoms with van der Waals surface area (Å²) in [6.45, 7) is 1.92. The van der Waals surface area contributed by atoms with Gasteiger partial charge in [-0.2, -0.15) is 5.10 Å². The Bertz CT molecular complexity index is 585. The van der Waals surface area contributed by atoms with Gasteiger partial charge < -0.3 is 4.90 Å². The lowest BCUT2D eigenvalue weighted by Crippen LogP contribution is -2.26. The summed E-state index contributed by atoms with van der Waals surface area (Å²) >= 11 is 0. The van der Waals surface area contributed by atoms with Crippen LogP contribution < -0.4 is 10.5 Å². The third-order valence-corrected chi connectivity index (χ3v) is 3.30. The highest BCUT2D eigenvalue weighted by atomic mass is 16.1. The van der Waals surface area contributed by atoms with Crippen molar-refractivity contribution in [2.75, 3.05) is 18.0 Å². The second-order valence-corrected chi connectivity index (χ2v) is 4.53. The van der Waals surface area contributed by atoms with Gasteiger partial charge >= 0.3 is 0 Å². The van der Waals surface area contributed by atoms with Crippen LogP contribution in [0, 0.1) is 0 Å². The molecule has 1 aliphatic heterocycles. The molecule has 0 aliphatic carbocycles. The molecule has 1 N–H and O–H groups in total. The fourth-order valence-electron chi connectivity index (χ4n) is 2.35. The monoisotopic (exact) mass is 241 g/mol. The van der Waals surface area contributed by atoms with Crippen molar-refractivity contribution in [3.63, 3.8) is 0 Å². The molecule has 2 heterocycles. The molecular weight excluding hydrogens is 226 g/mol. The van der Waals surface area contributed by atoms with E-state index in [0.717, 1.165) is 42.9 Å². The zero-order valence-electron chi connectivity index (χ0n) is 10.1. The Hall–Kier alpha value is -2.10. The molecule has 0 amide bonds. The molecule has 3 rings (SSSR count). The lowest BCUT2D eigenvalue weighted by atomic mass is 10.1. The first kappa shape index (κ1) is 11.0. The van der Waals surface area contributed by atoms with E-state index in [0.29, 0.717) is 0 Å². The van der Waals surface area contributed by atoms with Gasteiger partial charge in [-0.25, -0.2) is 5.10 Å². The van der Waals surface area contributed by atoms with Crippen molar-refractivity contribution < 1.29 is 0 Å². The molecule has 92 valence electrons. The van der Waals surface area contributed by atoms with Crippen LogP contribution in [0.5, 0.6) is 0 Å². The summed E-state index contributed by atoms with van der Waals surface area (Å²) in [6.07, 6.45) is 2.31. The molecule has 2 aromatic rings. The van der Waals surface area contributed by atoms with E-state index in [9.17, 15) is 4.79 Å². The van der Waals surface area contributed by atoms with Crippen LogP contribution in [0.4, 0.5) is 5.69 Å². The van der Waals surface area contributed by atoms with Crippen LogP contribution in [0.25, 0.3) is 11.3 Å². The molecule has 18 heavy (non-hydrogen) atoms. The summed E-state index contributed by atoms with van der Waals surface area (Å²) < 4.78 is 0. The van der Waals surface area contributed by atoms with Crippen molar-refractivity contribution >= 4 is 5.69 Å². The summed E-state index contributed by atoms with van der Waals surface area (Å²) in [7, 11) is 0. The van der Waals surface area contributed by atoms with E-state index in [2.05, 4.69) is 15.1 Å². The van der Waals surface area contributed by atoms with Crippen LogP contribution in [-0.2, 0) is 0 Å². The molecule has 0 radical (unpaired) electrons. The summed E-state index contributed by atoms with van der Waals surface area (Å²) in [6, 6.07) is 11.8. The average molecular weight is 241 g/mol. The normalized spacial score (nSPS) is 15.0. The Kier molecular flexibility index (Phi) is 2.84. The smallest absolute Gasteiger partial charge is 0.287 e. The molecule has 1 aromatic carbocycles. The quantitative estimate of drug-likeness (QED) is 0.875. The van der Waals surface area contributed by atoms with Crippen LogP contribution >= 0.6 is 0 Å². The number of rotatable bonds is 2. The summed E-state index contributed by atoms with van der Waals surface area (Å²) in [5.74, 6) is 0. The number of H-pyrrole nitrogens is 1. The van der Waals surface area contributed by atoms with Crippen molar-refractivity contribution in [3.05, 3.63) is 46.8 Å². The molecule has 1 saturated heterocycles. The Morgan fingerprint density at radius 2 is 1.83 bits per heavy atom. The summed E-state index contributed by atoms with van der Waals surface area (Å²) in [4.78, 5) is 14.0. The molecule has 4 heteroatoms. The maximum Gasteiger partial charge on any atom is 0.287 e. The van der Waals surface area contributed by atoms with Crippen molar-refractivity contribution in [3.8, 4) is 11.3 Å². The second-order valence-electron chi connectivity index (χ2n) is 4.53. The van der Waals surface area contributed by atoms with Crippen molar-refractivity contribution in [1.29, 1.82) is 0 Å². The largest absolute Gasteiger partial charge is 0.367 e. The fraction of sp³-hybridized carbons (Fsp3) is 0.286. The lowest BCUT2D eigenvalue weighted by molar-refractivity contribution is 0.916. The van der Waals surface area contributed by atoms with Crippen LogP contribution in [0.15, 0.2) is 41.2 Å². The van der Waals surface area contributed by atoms with E-state index in [1.54, 1.807) is 0 Å². The molecule has 0 atom stereocenters. The highest BCUT2D eigenvalue weighted by Crippen LogP contribution is 2.21. The molecule has 0 spiro atoms. The third kappa shape index (κ3) is 2.01. The van der Waals surface area contributed by atoms with Gasteiger partial charge in [-0.3, -0.25) is 4.79 Å². The standard InChI is InChI=1S/C14H15N3O/c18-14-13(17-8-4-5-9-17)10-12(15-16-14)11-6-2-1-3-7-11/h1-3,6-7,10H,4-5,8-9H2,(H,16,18). The maximum atomic E-state index is 11.8. The first-order valence-electron chi connectivity index (χ1n) is 6.25. The Morgan fingerprint density at radius 3 is 2.56 bits per heavy atom. The van der Waals surface area contributed by atoms with Crippen molar-refractivity contribution in [2.24, 2.45) is 0 Å². The van der Waals surface area contributed by atoms with Gasteiger partial charge in [0.1, 0.15) is 5.69 Å². The maximum absolute atomic E-state index is 11.8.